The van der Waals surface area contributed by atoms with Crippen LogP contribution in [0.2, 0.25) is 10.0 Å². The minimum atomic E-state index is 0.310. The molecule has 21 heavy (non-hydrogen) atoms. The van der Waals surface area contributed by atoms with E-state index in [1.165, 1.54) is 0 Å². The zero-order valence-electron chi connectivity index (χ0n) is 11.2. The maximum absolute atomic E-state index is 5.97. The Kier molecular flexibility index (Phi) is 5.28. The molecule has 0 bridgehead atoms. The summed E-state index contributed by atoms with van der Waals surface area (Å²) in [5, 5.41) is 1.01. The Labute approximate surface area is 138 Å². The zero-order chi connectivity index (χ0) is 15.4. The predicted octanol–water partition coefficient (Wildman–Crippen LogP) is 4.22. The van der Waals surface area contributed by atoms with Crippen molar-refractivity contribution in [3.8, 4) is 11.5 Å². The summed E-state index contributed by atoms with van der Waals surface area (Å²) in [4.78, 5) is 0.310. The Morgan fingerprint density at radius 1 is 1.10 bits per heavy atom. The molecule has 0 aliphatic carbocycles. The Hall–Kier alpha value is -1.49. The van der Waals surface area contributed by atoms with Gasteiger partial charge in [0.1, 0.15) is 11.6 Å². The van der Waals surface area contributed by atoms with Gasteiger partial charge in [-0.2, -0.15) is 0 Å². The van der Waals surface area contributed by atoms with E-state index >= 15 is 0 Å². The predicted molar refractivity (Wildman–Crippen MR) is 89.7 cm³/mol. The first-order chi connectivity index (χ1) is 10.0. The number of halogens is 2. The van der Waals surface area contributed by atoms with Crippen LogP contribution >= 0.6 is 35.4 Å². The molecule has 3 nitrogen and oxygen atoms in total. The number of ether oxygens (including phenoxy) is 2. The van der Waals surface area contributed by atoms with E-state index in [1.54, 1.807) is 37.4 Å². The van der Waals surface area contributed by atoms with E-state index in [1.807, 2.05) is 6.07 Å². The second kappa shape index (κ2) is 6.98. The third kappa shape index (κ3) is 4.00. The highest BCUT2D eigenvalue weighted by molar-refractivity contribution is 7.80. The van der Waals surface area contributed by atoms with Crippen molar-refractivity contribution in [3.63, 3.8) is 0 Å². The van der Waals surface area contributed by atoms with Crippen LogP contribution in [0.3, 0.4) is 0 Å². The van der Waals surface area contributed by atoms with Gasteiger partial charge in [0, 0.05) is 5.56 Å². The maximum atomic E-state index is 5.97. The molecule has 0 unspecified atom stereocenters. The molecule has 2 rings (SSSR count). The topological polar surface area (TPSA) is 44.5 Å². The largest absolute Gasteiger partial charge is 0.493 e. The van der Waals surface area contributed by atoms with Crippen molar-refractivity contribution in [2.75, 3.05) is 7.11 Å². The fraction of sp³-hybridized carbons (Fsp3) is 0.133. The molecule has 0 saturated heterocycles. The number of hydrogen-bond acceptors (Lipinski definition) is 3. The quantitative estimate of drug-likeness (QED) is 0.827. The van der Waals surface area contributed by atoms with Gasteiger partial charge in [0.25, 0.3) is 0 Å². The molecule has 2 aromatic carbocycles. The fourth-order valence-electron chi connectivity index (χ4n) is 1.73. The van der Waals surface area contributed by atoms with E-state index in [2.05, 4.69) is 0 Å². The molecular weight excluding hydrogens is 329 g/mol. The third-order valence-corrected chi connectivity index (χ3v) is 3.80. The highest BCUT2D eigenvalue weighted by Gasteiger charge is 2.08. The van der Waals surface area contributed by atoms with Crippen molar-refractivity contribution in [1.29, 1.82) is 0 Å². The molecule has 0 aromatic heterocycles. The van der Waals surface area contributed by atoms with Gasteiger partial charge in [0.2, 0.25) is 0 Å². The summed E-state index contributed by atoms with van der Waals surface area (Å²) in [7, 11) is 1.56. The number of methoxy groups -OCH3 is 1. The van der Waals surface area contributed by atoms with Gasteiger partial charge >= 0.3 is 0 Å². The lowest BCUT2D eigenvalue weighted by atomic mass is 10.2. The molecule has 0 spiro atoms. The van der Waals surface area contributed by atoms with Crippen molar-refractivity contribution in [1.82, 2.24) is 0 Å². The Morgan fingerprint density at radius 3 is 2.48 bits per heavy atom. The average Bonchev–Trinajstić information content (AvgIpc) is 2.48. The van der Waals surface area contributed by atoms with E-state index in [0.717, 1.165) is 11.1 Å². The summed E-state index contributed by atoms with van der Waals surface area (Å²) in [6, 6.07) is 10.6. The summed E-state index contributed by atoms with van der Waals surface area (Å²) < 4.78 is 11.0. The van der Waals surface area contributed by atoms with Crippen LogP contribution in [0.5, 0.6) is 11.5 Å². The van der Waals surface area contributed by atoms with Crippen LogP contribution in [0.4, 0.5) is 0 Å². The Bertz CT molecular complexity index is 677. The molecule has 2 aromatic rings. The van der Waals surface area contributed by atoms with Crippen molar-refractivity contribution in [3.05, 3.63) is 57.6 Å². The van der Waals surface area contributed by atoms with Crippen LogP contribution in [0, 0.1) is 0 Å². The van der Waals surface area contributed by atoms with Gasteiger partial charge in [0.15, 0.2) is 11.5 Å². The van der Waals surface area contributed by atoms with E-state index < -0.39 is 0 Å². The smallest absolute Gasteiger partial charge is 0.161 e. The van der Waals surface area contributed by atoms with E-state index in [-0.39, 0.29) is 0 Å². The molecule has 0 radical (unpaired) electrons. The highest BCUT2D eigenvalue weighted by Crippen LogP contribution is 2.29. The number of hydrogen-bond donors (Lipinski definition) is 1. The van der Waals surface area contributed by atoms with E-state index in [9.17, 15) is 0 Å². The van der Waals surface area contributed by atoms with E-state index in [4.69, 9.17) is 50.6 Å². The summed E-state index contributed by atoms with van der Waals surface area (Å²) in [6.45, 7) is 0.347. The lowest BCUT2D eigenvalue weighted by molar-refractivity contribution is 0.284. The van der Waals surface area contributed by atoms with Gasteiger partial charge < -0.3 is 15.2 Å². The van der Waals surface area contributed by atoms with Crippen molar-refractivity contribution in [2.45, 2.75) is 6.61 Å². The molecule has 0 aliphatic heterocycles. The fourth-order valence-corrected chi connectivity index (χ4v) is 2.18. The third-order valence-electron chi connectivity index (χ3n) is 2.83. The monoisotopic (exact) mass is 341 g/mol. The summed E-state index contributed by atoms with van der Waals surface area (Å²) in [6.07, 6.45) is 0. The van der Waals surface area contributed by atoms with Gasteiger partial charge in [-0.3, -0.25) is 0 Å². The maximum Gasteiger partial charge on any atom is 0.161 e. The van der Waals surface area contributed by atoms with Gasteiger partial charge in [-0.05, 0) is 35.9 Å². The van der Waals surface area contributed by atoms with Gasteiger partial charge in [0.05, 0.1) is 17.2 Å². The lowest BCUT2D eigenvalue weighted by Crippen LogP contribution is -2.09. The summed E-state index contributed by atoms with van der Waals surface area (Å²) in [5.41, 5.74) is 7.22. The first-order valence-electron chi connectivity index (χ1n) is 6.06. The van der Waals surface area contributed by atoms with Crippen molar-refractivity contribution >= 4 is 40.4 Å². The van der Waals surface area contributed by atoms with Crippen LogP contribution in [0.25, 0.3) is 0 Å². The lowest BCUT2D eigenvalue weighted by Gasteiger charge is -2.12. The Balaban J connectivity index is 2.15. The van der Waals surface area contributed by atoms with E-state index in [0.29, 0.717) is 33.1 Å². The second-order valence-corrected chi connectivity index (χ2v) is 5.52. The highest BCUT2D eigenvalue weighted by atomic mass is 35.5. The molecule has 0 fully saturated rings. The molecule has 2 N–H and O–H groups in total. The molecule has 110 valence electrons. The van der Waals surface area contributed by atoms with Gasteiger partial charge in [-0.25, -0.2) is 0 Å². The van der Waals surface area contributed by atoms with Crippen LogP contribution in [0.15, 0.2) is 36.4 Å². The van der Waals surface area contributed by atoms with Gasteiger partial charge in [-0.15, -0.1) is 0 Å². The SMILES string of the molecule is COc1cc(C(N)=S)ccc1OCc1ccc(Cl)c(Cl)c1. The first kappa shape index (κ1) is 15.9. The van der Waals surface area contributed by atoms with Crippen LogP contribution in [0.1, 0.15) is 11.1 Å². The van der Waals surface area contributed by atoms with Crippen molar-refractivity contribution < 1.29 is 9.47 Å². The summed E-state index contributed by atoms with van der Waals surface area (Å²) >= 11 is 16.8. The molecule has 0 aliphatic rings. The zero-order valence-corrected chi connectivity index (χ0v) is 13.6. The summed E-state index contributed by atoms with van der Waals surface area (Å²) in [5.74, 6) is 1.17. The number of nitrogens with two attached hydrogens (primary N) is 1. The molecule has 0 heterocycles. The molecular formula is C15H13Cl2NO2S. The number of rotatable bonds is 5. The normalized spacial score (nSPS) is 10.2. The number of thiocarbonyl (C=S) groups is 1. The Morgan fingerprint density at radius 2 is 1.86 bits per heavy atom. The minimum absolute atomic E-state index is 0.310. The molecule has 0 atom stereocenters. The van der Waals surface area contributed by atoms with Gasteiger partial charge in [-0.1, -0.05) is 41.5 Å². The molecule has 6 heteroatoms. The first-order valence-corrected chi connectivity index (χ1v) is 7.22. The van der Waals surface area contributed by atoms with Crippen molar-refractivity contribution in [2.24, 2.45) is 5.73 Å². The van der Waals surface area contributed by atoms with Crippen LogP contribution in [-0.4, -0.2) is 12.1 Å². The standard InChI is InChI=1S/C15H13Cl2NO2S/c1-19-14-7-10(15(18)21)3-5-13(14)20-8-9-2-4-11(16)12(17)6-9/h2-7H,8H2,1H3,(H2,18,21). The average molecular weight is 342 g/mol. The minimum Gasteiger partial charge on any atom is -0.493 e. The molecule has 0 amide bonds. The van der Waals surface area contributed by atoms with Crippen LogP contribution in [-0.2, 0) is 6.61 Å². The molecule has 0 saturated carbocycles. The second-order valence-electron chi connectivity index (χ2n) is 4.27. The number of benzene rings is 2. The van der Waals surface area contributed by atoms with Crippen LogP contribution < -0.4 is 15.2 Å².